The quantitative estimate of drug-likeness (QED) is 0.909. The summed E-state index contributed by atoms with van der Waals surface area (Å²) in [6, 6.07) is 11.1. The van der Waals surface area contributed by atoms with Crippen molar-refractivity contribution in [2.45, 2.75) is 32.4 Å². The molecule has 0 saturated carbocycles. The Kier molecular flexibility index (Phi) is 5.71. The summed E-state index contributed by atoms with van der Waals surface area (Å²) in [4.78, 5) is 14.1. The summed E-state index contributed by atoms with van der Waals surface area (Å²) in [7, 11) is 0. The van der Waals surface area contributed by atoms with Gasteiger partial charge in [0.1, 0.15) is 6.10 Å². The van der Waals surface area contributed by atoms with Crippen molar-refractivity contribution >= 4 is 17.6 Å². The molecule has 2 aromatic rings. The number of nitrogens with zero attached hydrogens (tertiary/aromatic N) is 3. The van der Waals surface area contributed by atoms with E-state index in [9.17, 15) is 4.79 Å². The largest absolute Gasteiger partial charge is 0.473 e. The highest BCUT2D eigenvalue weighted by Gasteiger charge is 2.24. The van der Waals surface area contributed by atoms with Gasteiger partial charge in [-0.05, 0) is 30.7 Å². The molecule has 25 heavy (non-hydrogen) atoms. The average Bonchev–Trinajstić information content (AvgIpc) is 2.63. The molecule has 1 aromatic heterocycles. The third-order valence-corrected chi connectivity index (χ3v) is 4.40. The number of halogens is 1. The Labute approximate surface area is 152 Å². The van der Waals surface area contributed by atoms with Gasteiger partial charge in [0.25, 0.3) is 0 Å². The smallest absolute Gasteiger partial charge is 0.317 e. The van der Waals surface area contributed by atoms with Crippen LogP contribution < -0.4 is 10.1 Å². The molecule has 132 valence electrons. The molecule has 1 N–H and O–H groups in total. The number of nitrogens with one attached hydrogen (secondary N) is 1. The van der Waals surface area contributed by atoms with Crippen LogP contribution in [0.5, 0.6) is 5.88 Å². The Morgan fingerprint density at radius 1 is 1.20 bits per heavy atom. The van der Waals surface area contributed by atoms with E-state index in [2.05, 4.69) is 15.5 Å². The second-order valence-corrected chi connectivity index (χ2v) is 6.54. The van der Waals surface area contributed by atoms with E-state index in [0.29, 0.717) is 30.5 Å². The van der Waals surface area contributed by atoms with Gasteiger partial charge in [-0.1, -0.05) is 23.7 Å². The van der Waals surface area contributed by atoms with Crippen LogP contribution in [-0.4, -0.2) is 40.3 Å². The fourth-order valence-corrected chi connectivity index (χ4v) is 2.81. The van der Waals surface area contributed by atoms with E-state index in [4.69, 9.17) is 16.3 Å². The van der Waals surface area contributed by atoms with E-state index in [1.807, 2.05) is 48.2 Å². The average molecular weight is 361 g/mol. The fourth-order valence-electron chi connectivity index (χ4n) is 2.69. The van der Waals surface area contributed by atoms with Crippen molar-refractivity contribution in [2.75, 3.05) is 13.1 Å². The molecule has 0 atom stereocenters. The van der Waals surface area contributed by atoms with Crippen LogP contribution in [-0.2, 0) is 6.54 Å². The monoisotopic (exact) mass is 360 g/mol. The molecule has 1 aliphatic rings. The summed E-state index contributed by atoms with van der Waals surface area (Å²) < 4.78 is 5.83. The maximum Gasteiger partial charge on any atom is 0.317 e. The lowest BCUT2D eigenvalue weighted by Gasteiger charge is -2.31. The lowest BCUT2D eigenvalue weighted by atomic mass is 10.1. The third kappa shape index (κ3) is 5.06. The first-order chi connectivity index (χ1) is 12.1. The van der Waals surface area contributed by atoms with Crippen molar-refractivity contribution in [3.63, 3.8) is 0 Å². The minimum Gasteiger partial charge on any atom is -0.473 e. The SMILES string of the molecule is Cc1ccc(OC2CCN(C(=O)NCc3ccc(Cl)cc3)CC2)nn1. The van der Waals surface area contributed by atoms with E-state index >= 15 is 0 Å². The van der Waals surface area contributed by atoms with Gasteiger partial charge in [0.2, 0.25) is 5.88 Å². The number of urea groups is 1. The highest BCUT2D eigenvalue weighted by Crippen LogP contribution is 2.17. The number of likely N-dealkylation sites (tertiary alicyclic amines) is 1. The first kappa shape index (κ1) is 17.5. The summed E-state index contributed by atoms with van der Waals surface area (Å²) in [6.45, 7) is 3.70. The molecule has 0 unspecified atom stereocenters. The van der Waals surface area contributed by atoms with Gasteiger partial charge < -0.3 is 15.0 Å². The molecule has 6 nitrogen and oxygen atoms in total. The normalized spacial score (nSPS) is 15.0. The molecule has 0 bridgehead atoms. The number of amides is 2. The van der Waals surface area contributed by atoms with Gasteiger partial charge in [0.15, 0.2) is 0 Å². The molecule has 0 spiro atoms. The number of benzene rings is 1. The molecular weight excluding hydrogens is 340 g/mol. The number of hydrogen-bond acceptors (Lipinski definition) is 4. The van der Waals surface area contributed by atoms with Gasteiger partial charge in [0, 0.05) is 43.6 Å². The number of rotatable bonds is 4. The molecule has 1 saturated heterocycles. The van der Waals surface area contributed by atoms with Crippen molar-refractivity contribution in [1.82, 2.24) is 20.4 Å². The van der Waals surface area contributed by atoms with Gasteiger partial charge in [0.05, 0.1) is 5.69 Å². The third-order valence-electron chi connectivity index (χ3n) is 4.15. The Bertz CT molecular complexity index is 698. The molecule has 2 amide bonds. The van der Waals surface area contributed by atoms with Crippen molar-refractivity contribution in [3.8, 4) is 5.88 Å². The van der Waals surface area contributed by atoms with E-state index < -0.39 is 0 Å². The van der Waals surface area contributed by atoms with Crippen LogP contribution in [0.25, 0.3) is 0 Å². The van der Waals surface area contributed by atoms with Crippen molar-refractivity contribution in [2.24, 2.45) is 0 Å². The van der Waals surface area contributed by atoms with E-state index in [1.165, 1.54) is 0 Å². The number of piperidine rings is 1. The predicted octanol–water partition coefficient (Wildman–Crippen LogP) is 3.19. The van der Waals surface area contributed by atoms with Crippen LogP contribution in [0, 0.1) is 6.92 Å². The molecule has 1 aromatic carbocycles. The number of carbonyl (C=O) groups is 1. The minimum absolute atomic E-state index is 0.0523. The van der Waals surface area contributed by atoms with Gasteiger partial charge >= 0.3 is 6.03 Å². The van der Waals surface area contributed by atoms with Gasteiger partial charge in [-0.3, -0.25) is 0 Å². The Hall–Kier alpha value is -2.34. The molecule has 1 fully saturated rings. The standard InChI is InChI=1S/C18H21ClN4O2/c1-13-2-7-17(22-21-13)25-16-8-10-23(11-9-16)18(24)20-12-14-3-5-15(19)6-4-14/h2-7,16H,8-12H2,1H3,(H,20,24). The Balaban J connectivity index is 1.42. The first-order valence-electron chi connectivity index (χ1n) is 8.34. The maximum atomic E-state index is 12.3. The zero-order valence-electron chi connectivity index (χ0n) is 14.1. The molecule has 7 heteroatoms. The lowest BCUT2D eigenvalue weighted by Crippen LogP contribution is -2.46. The van der Waals surface area contributed by atoms with Crippen LogP contribution in [0.3, 0.4) is 0 Å². The van der Waals surface area contributed by atoms with Gasteiger partial charge in [-0.15, -0.1) is 5.10 Å². The molecule has 0 radical (unpaired) electrons. The predicted molar refractivity (Wildman–Crippen MR) is 95.7 cm³/mol. The highest BCUT2D eigenvalue weighted by atomic mass is 35.5. The second kappa shape index (κ2) is 8.16. The van der Waals surface area contributed by atoms with Crippen LogP contribution >= 0.6 is 11.6 Å². The molecule has 1 aliphatic heterocycles. The summed E-state index contributed by atoms with van der Waals surface area (Å²) in [5.41, 5.74) is 1.88. The van der Waals surface area contributed by atoms with Crippen LogP contribution in [0.15, 0.2) is 36.4 Å². The summed E-state index contributed by atoms with van der Waals surface area (Å²) in [5.74, 6) is 0.538. The first-order valence-corrected chi connectivity index (χ1v) is 8.72. The number of aryl methyl sites for hydroxylation is 1. The summed E-state index contributed by atoms with van der Waals surface area (Å²) >= 11 is 5.86. The van der Waals surface area contributed by atoms with Crippen molar-refractivity contribution in [3.05, 3.63) is 52.7 Å². The zero-order chi connectivity index (χ0) is 17.6. The van der Waals surface area contributed by atoms with E-state index in [1.54, 1.807) is 0 Å². The van der Waals surface area contributed by atoms with Crippen molar-refractivity contribution in [1.29, 1.82) is 0 Å². The fraction of sp³-hybridized carbons (Fsp3) is 0.389. The van der Waals surface area contributed by atoms with Crippen LogP contribution in [0.2, 0.25) is 5.02 Å². The molecule has 3 rings (SSSR count). The van der Waals surface area contributed by atoms with Crippen LogP contribution in [0.1, 0.15) is 24.1 Å². The summed E-state index contributed by atoms with van der Waals surface area (Å²) in [6.07, 6.45) is 1.63. The number of ether oxygens (including phenoxy) is 1. The zero-order valence-corrected chi connectivity index (χ0v) is 14.9. The Morgan fingerprint density at radius 3 is 2.56 bits per heavy atom. The highest BCUT2D eigenvalue weighted by molar-refractivity contribution is 6.30. The van der Waals surface area contributed by atoms with E-state index in [-0.39, 0.29) is 12.1 Å². The van der Waals surface area contributed by atoms with Crippen molar-refractivity contribution < 1.29 is 9.53 Å². The topological polar surface area (TPSA) is 67.3 Å². The lowest BCUT2D eigenvalue weighted by molar-refractivity contribution is 0.106. The van der Waals surface area contributed by atoms with E-state index in [0.717, 1.165) is 24.1 Å². The molecular formula is C18H21ClN4O2. The second-order valence-electron chi connectivity index (χ2n) is 6.10. The number of carbonyl (C=O) groups excluding carboxylic acids is 1. The van der Waals surface area contributed by atoms with Crippen LogP contribution in [0.4, 0.5) is 4.79 Å². The number of hydrogen-bond donors (Lipinski definition) is 1. The molecule has 0 aliphatic carbocycles. The summed E-state index contributed by atoms with van der Waals surface area (Å²) in [5, 5.41) is 11.6. The maximum absolute atomic E-state index is 12.3. The van der Waals surface area contributed by atoms with Gasteiger partial charge in [-0.25, -0.2) is 4.79 Å². The Morgan fingerprint density at radius 2 is 1.92 bits per heavy atom. The minimum atomic E-state index is -0.0523. The van der Waals surface area contributed by atoms with Gasteiger partial charge in [-0.2, -0.15) is 5.10 Å². The molecule has 2 heterocycles. The number of aromatic nitrogens is 2.